The summed E-state index contributed by atoms with van der Waals surface area (Å²) in [5, 5.41) is 11.7. The first-order valence-electron chi connectivity index (χ1n) is 7.52. The SMILES string of the molecule is COC(=O)c1cc(CO)cc(NC(=O)Cc2cccc(C(F)(F)F)c2)c1. The lowest BCUT2D eigenvalue weighted by atomic mass is 10.1. The number of ether oxygens (including phenoxy) is 1. The first-order valence-corrected chi connectivity index (χ1v) is 7.52. The Hall–Kier alpha value is -2.87. The van der Waals surface area contributed by atoms with Gasteiger partial charge in [0.2, 0.25) is 5.91 Å². The molecule has 0 spiro atoms. The zero-order chi connectivity index (χ0) is 19.3. The minimum atomic E-state index is -4.49. The molecular formula is C18H16F3NO4. The lowest BCUT2D eigenvalue weighted by Crippen LogP contribution is -2.16. The summed E-state index contributed by atoms with van der Waals surface area (Å²) in [7, 11) is 1.19. The van der Waals surface area contributed by atoms with Crippen molar-refractivity contribution in [1.82, 2.24) is 0 Å². The van der Waals surface area contributed by atoms with E-state index in [-0.39, 0.29) is 29.8 Å². The molecule has 2 aromatic carbocycles. The van der Waals surface area contributed by atoms with Gasteiger partial charge in [0.1, 0.15) is 0 Å². The standard InChI is InChI=1S/C18H16F3NO4/c1-26-17(25)13-5-12(10-23)7-15(9-13)22-16(24)8-11-3-2-4-14(6-11)18(19,20)21/h2-7,9,23H,8,10H2,1H3,(H,22,24). The van der Waals surface area contributed by atoms with Crippen LogP contribution in [0.25, 0.3) is 0 Å². The molecule has 0 radical (unpaired) electrons. The van der Waals surface area contributed by atoms with Crippen LogP contribution in [0, 0.1) is 0 Å². The lowest BCUT2D eigenvalue weighted by Gasteiger charge is -2.11. The Morgan fingerprint density at radius 1 is 1.12 bits per heavy atom. The summed E-state index contributed by atoms with van der Waals surface area (Å²) in [6.45, 7) is -0.360. The number of esters is 1. The molecule has 26 heavy (non-hydrogen) atoms. The third kappa shape index (κ3) is 5.06. The maximum absolute atomic E-state index is 12.7. The quantitative estimate of drug-likeness (QED) is 0.796. The summed E-state index contributed by atoms with van der Waals surface area (Å²) in [6, 6.07) is 8.70. The molecule has 0 aliphatic carbocycles. The third-order valence-corrected chi connectivity index (χ3v) is 3.50. The third-order valence-electron chi connectivity index (χ3n) is 3.50. The second-order valence-electron chi connectivity index (χ2n) is 5.49. The molecule has 0 saturated heterocycles. The van der Waals surface area contributed by atoms with Crippen molar-refractivity contribution in [3.05, 3.63) is 64.7 Å². The molecule has 2 N–H and O–H groups in total. The van der Waals surface area contributed by atoms with Crippen LogP contribution in [0.1, 0.15) is 27.0 Å². The number of hydrogen-bond acceptors (Lipinski definition) is 4. The van der Waals surface area contributed by atoms with Crippen molar-refractivity contribution in [2.45, 2.75) is 19.2 Å². The fourth-order valence-corrected chi connectivity index (χ4v) is 2.34. The van der Waals surface area contributed by atoms with Gasteiger partial charge >= 0.3 is 12.1 Å². The van der Waals surface area contributed by atoms with E-state index in [0.717, 1.165) is 12.1 Å². The molecule has 5 nitrogen and oxygen atoms in total. The Bertz CT molecular complexity index is 818. The molecule has 0 heterocycles. The van der Waals surface area contributed by atoms with E-state index in [9.17, 15) is 27.9 Å². The number of alkyl halides is 3. The summed E-state index contributed by atoms with van der Waals surface area (Å²) in [6.07, 6.45) is -4.77. The molecule has 0 aliphatic heterocycles. The predicted octanol–water partition coefficient (Wildman–Crippen LogP) is 3.17. The minimum Gasteiger partial charge on any atom is -0.465 e. The molecule has 0 aromatic heterocycles. The second-order valence-corrected chi connectivity index (χ2v) is 5.49. The van der Waals surface area contributed by atoms with Crippen molar-refractivity contribution in [1.29, 1.82) is 0 Å². The van der Waals surface area contributed by atoms with Crippen LogP contribution in [0.5, 0.6) is 0 Å². The van der Waals surface area contributed by atoms with Crippen LogP contribution in [0.15, 0.2) is 42.5 Å². The van der Waals surface area contributed by atoms with Gasteiger partial charge in [-0.3, -0.25) is 4.79 Å². The smallest absolute Gasteiger partial charge is 0.416 e. The molecule has 0 unspecified atom stereocenters. The molecule has 138 valence electrons. The Balaban J connectivity index is 2.16. The number of hydrogen-bond donors (Lipinski definition) is 2. The molecule has 2 rings (SSSR count). The first kappa shape index (κ1) is 19.5. The number of carbonyl (C=O) groups excluding carboxylic acids is 2. The molecule has 0 fully saturated rings. The van der Waals surface area contributed by atoms with Gasteiger partial charge in [-0.25, -0.2) is 4.79 Å². The van der Waals surface area contributed by atoms with Crippen LogP contribution < -0.4 is 5.32 Å². The highest BCUT2D eigenvalue weighted by atomic mass is 19.4. The Morgan fingerprint density at radius 3 is 2.46 bits per heavy atom. The molecule has 8 heteroatoms. The number of aliphatic hydroxyl groups excluding tert-OH is 1. The van der Waals surface area contributed by atoms with Crippen molar-refractivity contribution in [2.24, 2.45) is 0 Å². The number of methoxy groups -OCH3 is 1. The number of anilines is 1. The van der Waals surface area contributed by atoms with Crippen molar-refractivity contribution in [2.75, 3.05) is 12.4 Å². The number of carbonyl (C=O) groups is 2. The Labute approximate surface area is 147 Å². The highest BCUT2D eigenvalue weighted by Gasteiger charge is 2.30. The number of benzene rings is 2. The summed E-state index contributed by atoms with van der Waals surface area (Å²) in [5.41, 5.74) is 0.103. The van der Waals surface area contributed by atoms with Gasteiger partial charge in [-0.2, -0.15) is 13.2 Å². The maximum Gasteiger partial charge on any atom is 0.416 e. The van der Waals surface area contributed by atoms with Gasteiger partial charge in [0, 0.05) is 5.69 Å². The zero-order valence-corrected chi connectivity index (χ0v) is 13.8. The predicted molar refractivity (Wildman–Crippen MR) is 87.5 cm³/mol. The monoisotopic (exact) mass is 367 g/mol. The number of aliphatic hydroxyl groups is 1. The molecule has 0 atom stereocenters. The average molecular weight is 367 g/mol. The first-order chi connectivity index (χ1) is 12.2. The fourth-order valence-electron chi connectivity index (χ4n) is 2.34. The van der Waals surface area contributed by atoms with Gasteiger partial charge in [-0.1, -0.05) is 18.2 Å². The molecular weight excluding hydrogens is 351 g/mol. The maximum atomic E-state index is 12.7. The zero-order valence-electron chi connectivity index (χ0n) is 13.8. The van der Waals surface area contributed by atoms with Crippen molar-refractivity contribution in [3.8, 4) is 0 Å². The largest absolute Gasteiger partial charge is 0.465 e. The van der Waals surface area contributed by atoms with Gasteiger partial charge in [-0.05, 0) is 35.4 Å². The van der Waals surface area contributed by atoms with Gasteiger partial charge in [-0.15, -0.1) is 0 Å². The van der Waals surface area contributed by atoms with E-state index in [1.807, 2.05) is 0 Å². The van der Waals surface area contributed by atoms with E-state index in [4.69, 9.17) is 0 Å². The summed E-state index contributed by atoms with van der Waals surface area (Å²) < 4.78 is 42.8. The lowest BCUT2D eigenvalue weighted by molar-refractivity contribution is -0.137. The second kappa shape index (κ2) is 8.01. The van der Waals surface area contributed by atoms with E-state index in [2.05, 4.69) is 10.1 Å². The summed E-state index contributed by atoms with van der Waals surface area (Å²) >= 11 is 0. The minimum absolute atomic E-state index is 0.133. The number of rotatable bonds is 5. The number of nitrogens with one attached hydrogen (secondary N) is 1. The molecule has 0 aliphatic rings. The van der Waals surface area contributed by atoms with Crippen molar-refractivity contribution < 1.29 is 32.6 Å². The van der Waals surface area contributed by atoms with Gasteiger partial charge < -0.3 is 15.2 Å². The van der Waals surface area contributed by atoms with E-state index in [1.165, 1.54) is 37.4 Å². The van der Waals surface area contributed by atoms with E-state index in [1.54, 1.807) is 0 Å². The van der Waals surface area contributed by atoms with Crippen LogP contribution in [0.2, 0.25) is 0 Å². The van der Waals surface area contributed by atoms with Crippen LogP contribution in [0.3, 0.4) is 0 Å². The fraction of sp³-hybridized carbons (Fsp3) is 0.222. The molecule has 2 aromatic rings. The van der Waals surface area contributed by atoms with E-state index in [0.29, 0.717) is 5.56 Å². The van der Waals surface area contributed by atoms with Crippen LogP contribution in [-0.2, 0) is 28.7 Å². The topological polar surface area (TPSA) is 75.6 Å². The van der Waals surface area contributed by atoms with E-state index < -0.39 is 23.6 Å². The highest BCUT2D eigenvalue weighted by Crippen LogP contribution is 2.29. The highest BCUT2D eigenvalue weighted by molar-refractivity contribution is 5.95. The van der Waals surface area contributed by atoms with Crippen LogP contribution in [-0.4, -0.2) is 24.1 Å². The van der Waals surface area contributed by atoms with Gasteiger partial charge in [0.25, 0.3) is 0 Å². The summed E-state index contributed by atoms with van der Waals surface area (Å²) in [4.78, 5) is 23.7. The molecule has 0 bridgehead atoms. The van der Waals surface area contributed by atoms with Crippen molar-refractivity contribution in [3.63, 3.8) is 0 Å². The molecule has 1 amide bonds. The van der Waals surface area contributed by atoms with E-state index >= 15 is 0 Å². The molecule has 0 saturated carbocycles. The van der Waals surface area contributed by atoms with Crippen molar-refractivity contribution >= 4 is 17.6 Å². The van der Waals surface area contributed by atoms with Crippen LogP contribution in [0.4, 0.5) is 18.9 Å². The average Bonchev–Trinajstić information content (AvgIpc) is 2.60. The van der Waals surface area contributed by atoms with Gasteiger partial charge in [0.15, 0.2) is 0 Å². The number of halogens is 3. The normalized spacial score (nSPS) is 11.1. The summed E-state index contributed by atoms with van der Waals surface area (Å²) in [5.74, 6) is -1.20. The Morgan fingerprint density at radius 2 is 1.85 bits per heavy atom. The number of amides is 1. The van der Waals surface area contributed by atoms with Crippen LogP contribution >= 0.6 is 0 Å². The van der Waals surface area contributed by atoms with Gasteiger partial charge in [0.05, 0.1) is 31.3 Å². The Kier molecular flexibility index (Phi) is 5.99.